The molecule has 0 amide bonds. The highest BCUT2D eigenvalue weighted by Gasteiger charge is 2.53. The van der Waals surface area contributed by atoms with Gasteiger partial charge in [-0.1, -0.05) is 41.5 Å². The van der Waals surface area contributed by atoms with E-state index in [4.69, 9.17) is 14.2 Å². The van der Waals surface area contributed by atoms with Gasteiger partial charge in [-0.15, -0.1) is 0 Å². The number of hydroxylamine groups is 6. The van der Waals surface area contributed by atoms with E-state index in [9.17, 15) is 15.6 Å². The van der Waals surface area contributed by atoms with Crippen molar-refractivity contribution in [3.63, 3.8) is 0 Å². The summed E-state index contributed by atoms with van der Waals surface area (Å²) in [7, 11) is 0. The van der Waals surface area contributed by atoms with Crippen molar-refractivity contribution in [3.05, 3.63) is 18.2 Å². The second kappa shape index (κ2) is 13.2. The van der Waals surface area contributed by atoms with Crippen LogP contribution in [0.3, 0.4) is 0 Å². The Labute approximate surface area is 291 Å². The van der Waals surface area contributed by atoms with E-state index in [2.05, 4.69) is 104 Å². The Bertz CT molecular complexity index is 1280. The van der Waals surface area contributed by atoms with E-state index in [1.54, 1.807) is 15.2 Å². The van der Waals surface area contributed by atoms with Crippen LogP contribution in [0.1, 0.15) is 142 Å². The van der Waals surface area contributed by atoms with E-state index in [0.717, 1.165) is 0 Å². The lowest BCUT2D eigenvalue weighted by molar-refractivity contribution is -0.273. The Morgan fingerprint density at radius 1 is 0.500 bits per heavy atom. The van der Waals surface area contributed by atoms with Crippen LogP contribution in [0.2, 0.25) is 0 Å². The number of hydrogen-bond acceptors (Lipinski definition) is 9. The maximum Gasteiger partial charge on any atom is 0.165 e. The van der Waals surface area contributed by atoms with Gasteiger partial charge in [0.15, 0.2) is 11.5 Å². The maximum absolute atomic E-state index is 11.3. The quantitative estimate of drug-likeness (QED) is 0.237. The maximum atomic E-state index is 11.3. The van der Waals surface area contributed by atoms with Crippen molar-refractivity contribution < 1.29 is 29.8 Å². The summed E-state index contributed by atoms with van der Waals surface area (Å²) >= 11 is 0. The zero-order valence-electron chi connectivity index (χ0n) is 32.8. The molecule has 48 heavy (non-hydrogen) atoms. The van der Waals surface area contributed by atoms with Crippen LogP contribution in [0.25, 0.3) is 0 Å². The van der Waals surface area contributed by atoms with Crippen LogP contribution in [0, 0.1) is 17.8 Å². The minimum absolute atomic E-state index is 0.0994. The van der Waals surface area contributed by atoms with Gasteiger partial charge in [0.25, 0.3) is 0 Å². The molecule has 1 aromatic carbocycles. The van der Waals surface area contributed by atoms with Gasteiger partial charge in [0, 0.05) is 77.8 Å². The van der Waals surface area contributed by atoms with Gasteiger partial charge in [-0.05, 0) is 92.2 Å². The lowest BCUT2D eigenvalue weighted by atomic mass is 9.73. The third-order valence-corrected chi connectivity index (χ3v) is 12.8. The van der Waals surface area contributed by atoms with E-state index >= 15 is 0 Å². The summed E-state index contributed by atoms with van der Waals surface area (Å²) in [6.07, 6.45) is 3.61. The molecule has 0 aromatic heterocycles. The molecule has 3 aliphatic heterocycles. The van der Waals surface area contributed by atoms with Crippen LogP contribution < -0.4 is 14.2 Å². The van der Waals surface area contributed by atoms with Crippen molar-refractivity contribution >= 4 is 0 Å². The molecule has 1 aromatic rings. The molecule has 0 radical (unpaired) electrons. The van der Waals surface area contributed by atoms with Gasteiger partial charge >= 0.3 is 0 Å². The monoisotopic (exact) mass is 676 g/mol. The lowest BCUT2D eigenvalue weighted by Crippen LogP contribution is -2.64. The summed E-state index contributed by atoms with van der Waals surface area (Å²) < 4.78 is 20.6. The largest absolute Gasteiger partial charge is 0.490 e. The van der Waals surface area contributed by atoms with E-state index in [0.29, 0.717) is 55.8 Å². The van der Waals surface area contributed by atoms with Crippen LogP contribution >= 0.6 is 0 Å². The van der Waals surface area contributed by atoms with Gasteiger partial charge in [0.1, 0.15) is 24.1 Å². The van der Waals surface area contributed by atoms with E-state index in [1.807, 2.05) is 18.2 Å². The number of rotatable bonds is 9. The standard InChI is InChI=1S/C39H69N3O6/c1-25(2)37(13)22-29(19-34(7,8)40(37)43)46-28-16-17-32(47-30-20-35(9,10)41(44)38(14,23-30)26(3)4)33(18-28)48-31-21-36(11,12)42(45)39(15,24-31)27(5)6/h16-18,25-27,29-31,43-45H,19-24H2,1-15H3. The molecule has 6 atom stereocenters. The number of piperidine rings is 3. The molecule has 9 nitrogen and oxygen atoms in total. The lowest BCUT2D eigenvalue weighted by Gasteiger charge is -2.55. The summed E-state index contributed by atoms with van der Waals surface area (Å²) in [4.78, 5) is 0. The second-order valence-corrected chi connectivity index (χ2v) is 19.0. The van der Waals surface area contributed by atoms with Gasteiger partial charge in [-0.2, -0.15) is 15.2 Å². The van der Waals surface area contributed by atoms with Gasteiger partial charge in [-0.3, -0.25) is 0 Å². The molecule has 9 heteroatoms. The highest BCUT2D eigenvalue weighted by molar-refractivity contribution is 5.46. The van der Waals surface area contributed by atoms with Gasteiger partial charge in [0.2, 0.25) is 0 Å². The third-order valence-electron chi connectivity index (χ3n) is 12.8. The summed E-state index contributed by atoms with van der Waals surface area (Å²) in [5.74, 6) is 2.64. The molecule has 0 aliphatic carbocycles. The first-order valence-electron chi connectivity index (χ1n) is 18.4. The van der Waals surface area contributed by atoms with Gasteiger partial charge in [-0.25, -0.2) is 0 Å². The van der Waals surface area contributed by atoms with Crippen LogP contribution in [-0.2, 0) is 0 Å². The highest BCUT2D eigenvalue weighted by Crippen LogP contribution is 2.47. The van der Waals surface area contributed by atoms with Crippen LogP contribution in [-0.4, -0.2) is 82.4 Å². The summed E-state index contributed by atoms with van der Waals surface area (Å²) in [6, 6.07) is 5.91. The Kier molecular flexibility index (Phi) is 10.7. The topological polar surface area (TPSA) is 98.1 Å². The van der Waals surface area contributed by atoms with Gasteiger partial charge in [0.05, 0.1) is 0 Å². The van der Waals surface area contributed by atoms with Crippen molar-refractivity contribution in [3.8, 4) is 17.2 Å². The van der Waals surface area contributed by atoms with Crippen LogP contribution in [0.15, 0.2) is 18.2 Å². The average molecular weight is 676 g/mol. The molecule has 3 saturated heterocycles. The molecule has 3 fully saturated rings. The Hall–Kier alpha value is -1.62. The summed E-state index contributed by atoms with van der Waals surface area (Å²) in [5.41, 5.74) is -2.77. The second-order valence-electron chi connectivity index (χ2n) is 19.0. The van der Waals surface area contributed by atoms with Crippen molar-refractivity contribution in [2.75, 3.05) is 0 Å². The smallest absolute Gasteiger partial charge is 0.165 e. The highest BCUT2D eigenvalue weighted by atomic mass is 16.5. The predicted molar refractivity (Wildman–Crippen MR) is 190 cm³/mol. The minimum Gasteiger partial charge on any atom is -0.490 e. The normalized spacial score (nSPS) is 36.1. The Morgan fingerprint density at radius 2 is 0.812 bits per heavy atom. The van der Waals surface area contributed by atoms with Crippen molar-refractivity contribution in [2.45, 2.75) is 194 Å². The molecule has 276 valence electrons. The van der Waals surface area contributed by atoms with E-state index < -0.39 is 33.2 Å². The molecule has 3 heterocycles. The number of nitrogens with zero attached hydrogens (tertiary/aromatic N) is 3. The first-order valence-corrected chi connectivity index (χ1v) is 18.4. The van der Waals surface area contributed by atoms with Crippen LogP contribution in [0.5, 0.6) is 17.2 Å². The van der Waals surface area contributed by atoms with Crippen molar-refractivity contribution in [1.29, 1.82) is 0 Å². The zero-order chi connectivity index (χ0) is 36.4. The number of benzene rings is 1. The van der Waals surface area contributed by atoms with E-state index in [-0.39, 0.29) is 36.1 Å². The van der Waals surface area contributed by atoms with Crippen molar-refractivity contribution in [2.24, 2.45) is 17.8 Å². The summed E-state index contributed by atoms with van der Waals surface area (Å²) in [5, 5.41) is 38.4. The SMILES string of the molecule is CC(C)C1(C)CC(Oc2ccc(OC3CC(C)(C)N(O)C(C)(C(C)C)C3)c(OC3CC(C)(C)N(O)C(C)(C(C)C)C3)c2)CC(C)(C)N1O. The minimum atomic E-state index is -0.487. The summed E-state index contributed by atoms with van der Waals surface area (Å²) in [6.45, 7) is 31.7. The molecule has 0 bridgehead atoms. The molecule has 0 saturated carbocycles. The first-order chi connectivity index (χ1) is 21.8. The van der Waals surface area contributed by atoms with Crippen molar-refractivity contribution in [1.82, 2.24) is 15.2 Å². The van der Waals surface area contributed by atoms with Crippen LogP contribution in [0.4, 0.5) is 0 Å². The molecule has 6 unspecified atom stereocenters. The van der Waals surface area contributed by atoms with Gasteiger partial charge < -0.3 is 29.8 Å². The predicted octanol–water partition coefficient (Wildman–Crippen LogP) is 8.96. The fourth-order valence-corrected chi connectivity index (χ4v) is 8.86. The molecule has 0 spiro atoms. The van der Waals surface area contributed by atoms with E-state index in [1.165, 1.54) is 0 Å². The molecule has 4 rings (SSSR count). The Morgan fingerprint density at radius 3 is 1.15 bits per heavy atom. The molecular weight excluding hydrogens is 606 g/mol. The molecule has 3 N–H and O–H groups in total. The third kappa shape index (κ3) is 7.24. The molecule has 3 aliphatic rings. The average Bonchev–Trinajstić information content (AvgIpc) is 2.94. The zero-order valence-corrected chi connectivity index (χ0v) is 32.8. The Balaban J connectivity index is 1.70. The fourth-order valence-electron chi connectivity index (χ4n) is 8.86. The number of hydrogen-bond donors (Lipinski definition) is 3. The number of ether oxygens (including phenoxy) is 3. The first kappa shape index (κ1) is 39.2. The fraction of sp³-hybridized carbons (Fsp3) is 0.846. The molecular formula is C39H69N3O6.